The molecule has 1 N–H and O–H groups in total. The third-order valence-corrected chi connectivity index (χ3v) is 7.06. The number of piperidine rings is 2. The van der Waals surface area contributed by atoms with Crippen molar-refractivity contribution in [2.24, 2.45) is 5.92 Å². The van der Waals surface area contributed by atoms with Gasteiger partial charge in [-0.1, -0.05) is 12.1 Å². The van der Waals surface area contributed by atoms with Crippen LogP contribution in [0.5, 0.6) is 5.75 Å². The number of amides is 2. The van der Waals surface area contributed by atoms with Gasteiger partial charge in [-0.25, -0.2) is 0 Å². The zero-order valence-electron chi connectivity index (χ0n) is 18.7. The fraction of sp³-hybridized carbons (Fsp3) is 0.680. The minimum absolute atomic E-state index is 0.0915. The van der Waals surface area contributed by atoms with Gasteiger partial charge in [-0.3, -0.25) is 9.59 Å². The lowest BCUT2D eigenvalue weighted by Crippen LogP contribution is -2.45. The van der Waals surface area contributed by atoms with Crippen LogP contribution in [-0.4, -0.2) is 67.0 Å². The summed E-state index contributed by atoms with van der Waals surface area (Å²) in [5, 5.41) is 3.34. The van der Waals surface area contributed by atoms with Crippen molar-refractivity contribution in [2.45, 2.75) is 63.8 Å². The molecule has 0 spiro atoms. The number of carbonyl (C=O) groups is 2. The van der Waals surface area contributed by atoms with Gasteiger partial charge in [0, 0.05) is 31.5 Å². The zero-order chi connectivity index (χ0) is 21.5. The molecular weight excluding hydrogens is 390 g/mol. The minimum Gasteiger partial charge on any atom is -0.492 e. The number of aryl methyl sites for hydroxylation is 1. The molecular formula is C25H37N3O3. The number of nitrogens with zero attached hydrogens (tertiary/aromatic N) is 2. The Morgan fingerprint density at radius 3 is 2.71 bits per heavy atom. The van der Waals surface area contributed by atoms with E-state index in [1.54, 1.807) is 0 Å². The van der Waals surface area contributed by atoms with E-state index in [1.165, 1.54) is 12.0 Å². The Hall–Kier alpha value is -2.08. The number of carbonyl (C=O) groups excluding carboxylic acids is 2. The van der Waals surface area contributed by atoms with E-state index in [-0.39, 0.29) is 17.7 Å². The molecule has 1 aromatic rings. The van der Waals surface area contributed by atoms with Gasteiger partial charge in [0.2, 0.25) is 11.8 Å². The molecule has 1 unspecified atom stereocenters. The lowest BCUT2D eigenvalue weighted by atomic mass is 9.95. The molecule has 3 heterocycles. The third-order valence-electron chi connectivity index (χ3n) is 7.06. The van der Waals surface area contributed by atoms with E-state index in [0.717, 1.165) is 70.3 Å². The van der Waals surface area contributed by atoms with Gasteiger partial charge in [0.25, 0.3) is 0 Å². The molecule has 2 fully saturated rings. The fourth-order valence-corrected chi connectivity index (χ4v) is 5.25. The molecule has 3 aliphatic rings. The zero-order valence-corrected chi connectivity index (χ0v) is 18.7. The SMILES string of the molecule is O=C(C1CCNCC1)N1CCCC(=O)N2CCCCC2CCc2cccc(c2)OCC1. The standard InChI is InChI=1S/C25H37N3O3/c29-24-8-4-15-27(25(30)21-11-13-26-14-12-21)17-18-31-23-7-3-5-20(19-23)9-10-22-6-1-2-16-28(22)24/h3,5,7,19,21-22,26H,1-2,4,6,8-18H2. The number of fused-ring (bicyclic) bond motifs is 3. The highest BCUT2D eigenvalue weighted by atomic mass is 16.5. The van der Waals surface area contributed by atoms with Gasteiger partial charge in [-0.2, -0.15) is 0 Å². The van der Waals surface area contributed by atoms with E-state index in [1.807, 2.05) is 17.0 Å². The molecule has 6 nitrogen and oxygen atoms in total. The van der Waals surface area contributed by atoms with Gasteiger partial charge in [0.05, 0.1) is 6.54 Å². The van der Waals surface area contributed by atoms with Gasteiger partial charge < -0.3 is 19.9 Å². The molecule has 0 radical (unpaired) electrons. The van der Waals surface area contributed by atoms with E-state index in [0.29, 0.717) is 32.2 Å². The van der Waals surface area contributed by atoms with Crippen LogP contribution in [0, 0.1) is 5.92 Å². The molecule has 6 heteroatoms. The Labute approximate surface area is 186 Å². The first kappa shape index (κ1) is 22.1. The second-order valence-corrected chi connectivity index (χ2v) is 9.22. The Morgan fingerprint density at radius 2 is 1.84 bits per heavy atom. The average molecular weight is 428 g/mol. The molecule has 2 saturated heterocycles. The predicted molar refractivity (Wildman–Crippen MR) is 121 cm³/mol. The summed E-state index contributed by atoms with van der Waals surface area (Å²) in [5.74, 6) is 1.46. The topological polar surface area (TPSA) is 61.9 Å². The van der Waals surface area contributed by atoms with Crippen molar-refractivity contribution in [1.82, 2.24) is 15.1 Å². The second kappa shape index (κ2) is 11.0. The third kappa shape index (κ3) is 6.00. The van der Waals surface area contributed by atoms with Crippen LogP contribution < -0.4 is 10.1 Å². The molecule has 31 heavy (non-hydrogen) atoms. The van der Waals surface area contributed by atoms with Gasteiger partial charge in [-0.15, -0.1) is 0 Å². The van der Waals surface area contributed by atoms with Crippen molar-refractivity contribution >= 4 is 11.8 Å². The van der Waals surface area contributed by atoms with Gasteiger partial charge in [0.1, 0.15) is 12.4 Å². The van der Waals surface area contributed by atoms with E-state index in [9.17, 15) is 9.59 Å². The Morgan fingerprint density at radius 1 is 0.968 bits per heavy atom. The van der Waals surface area contributed by atoms with E-state index < -0.39 is 0 Å². The van der Waals surface area contributed by atoms with Crippen molar-refractivity contribution in [2.75, 3.05) is 39.3 Å². The van der Waals surface area contributed by atoms with Crippen LogP contribution in [-0.2, 0) is 16.0 Å². The second-order valence-electron chi connectivity index (χ2n) is 9.22. The van der Waals surface area contributed by atoms with Crippen molar-refractivity contribution < 1.29 is 14.3 Å². The fourth-order valence-electron chi connectivity index (χ4n) is 5.25. The van der Waals surface area contributed by atoms with Crippen LogP contribution >= 0.6 is 0 Å². The van der Waals surface area contributed by atoms with Crippen LogP contribution in [0.1, 0.15) is 56.9 Å². The summed E-state index contributed by atoms with van der Waals surface area (Å²) in [5.41, 5.74) is 1.26. The molecule has 0 aliphatic carbocycles. The quantitative estimate of drug-likeness (QED) is 0.749. The molecule has 1 atom stereocenters. The van der Waals surface area contributed by atoms with Crippen LogP contribution in [0.15, 0.2) is 24.3 Å². The first-order valence-corrected chi connectivity index (χ1v) is 12.2. The number of ether oxygens (including phenoxy) is 1. The molecule has 1 aromatic carbocycles. The highest BCUT2D eigenvalue weighted by Crippen LogP contribution is 2.24. The first-order valence-electron chi connectivity index (χ1n) is 12.2. The molecule has 2 amide bonds. The van der Waals surface area contributed by atoms with Crippen LogP contribution in [0.4, 0.5) is 0 Å². The summed E-state index contributed by atoms with van der Waals surface area (Å²) >= 11 is 0. The molecule has 4 rings (SSSR count). The van der Waals surface area contributed by atoms with Crippen molar-refractivity contribution in [3.05, 3.63) is 29.8 Å². The first-order chi connectivity index (χ1) is 15.2. The van der Waals surface area contributed by atoms with Crippen LogP contribution in [0.3, 0.4) is 0 Å². The molecule has 0 aromatic heterocycles. The predicted octanol–water partition coefficient (Wildman–Crippen LogP) is 3.00. The lowest BCUT2D eigenvalue weighted by molar-refractivity contribution is -0.138. The smallest absolute Gasteiger partial charge is 0.225 e. The number of hydrogen-bond acceptors (Lipinski definition) is 4. The van der Waals surface area contributed by atoms with Crippen LogP contribution in [0.2, 0.25) is 0 Å². The van der Waals surface area contributed by atoms with E-state index >= 15 is 0 Å². The number of nitrogens with one attached hydrogen (secondary N) is 1. The van der Waals surface area contributed by atoms with Gasteiger partial charge in [-0.05, 0) is 82.2 Å². The van der Waals surface area contributed by atoms with Crippen molar-refractivity contribution in [3.8, 4) is 5.75 Å². The summed E-state index contributed by atoms with van der Waals surface area (Å²) in [4.78, 5) is 30.3. The Bertz CT molecular complexity index is 747. The molecule has 2 bridgehead atoms. The summed E-state index contributed by atoms with van der Waals surface area (Å²) in [7, 11) is 0. The van der Waals surface area contributed by atoms with Crippen LogP contribution in [0.25, 0.3) is 0 Å². The maximum absolute atomic E-state index is 13.2. The highest BCUT2D eigenvalue weighted by molar-refractivity contribution is 5.79. The maximum Gasteiger partial charge on any atom is 0.225 e. The number of rotatable bonds is 1. The molecule has 3 aliphatic heterocycles. The minimum atomic E-state index is 0.0915. The summed E-state index contributed by atoms with van der Waals surface area (Å²) in [6, 6.07) is 8.64. The normalized spacial score (nSPS) is 24.5. The lowest BCUT2D eigenvalue weighted by Gasteiger charge is -2.36. The summed E-state index contributed by atoms with van der Waals surface area (Å²) < 4.78 is 6.03. The largest absolute Gasteiger partial charge is 0.492 e. The Kier molecular flexibility index (Phi) is 7.84. The monoisotopic (exact) mass is 427 g/mol. The van der Waals surface area contributed by atoms with E-state index in [4.69, 9.17) is 4.74 Å². The molecule has 170 valence electrons. The van der Waals surface area contributed by atoms with Crippen molar-refractivity contribution in [1.29, 1.82) is 0 Å². The summed E-state index contributed by atoms with van der Waals surface area (Å²) in [6.07, 6.45) is 8.43. The Balaban J connectivity index is 1.48. The van der Waals surface area contributed by atoms with Gasteiger partial charge >= 0.3 is 0 Å². The number of benzene rings is 1. The average Bonchev–Trinajstić information content (AvgIpc) is 2.82. The summed E-state index contributed by atoms with van der Waals surface area (Å²) in [6.45, 7) is 4.39. The van der Waals surface area contributed by atoms with E-state index in [2.05, 4.69) is 22.3 Å². The molecule has 0 saturated carbocycles. The van der Waals surface area contributed by atoms with Crippen molar-refractivity contribution in [3.63, 3.8) is 0 Å². The van der Waals surface area contributed by atoms with Gasteiger partial charge in [0.15, 0.2) is 0 Å². The highest BCUT2D eigenvalue weighted by Gasteiger charge is 2.28. The maximum atomic E-state index is 13.2. The number of hydrogen-bond donors (Lipinski definition) is 1.